The van der Waals surface area contributed by atoms with Crippen molar-refractivity contribution >= 4 is 17.8 Å². The van der Waals surface area contributed by atoms with E-state index in [2.05, 4.69) is 19.5 Å². The molecule has 2 aliphatic rings. The van der Waals surface area contributed by atoms with Gasteiger partial charge < -0.3 is 4.74 Å². The van der Waals surface area contributed by atoms with E-state index in [1.165, 1.54) is 7.11 Å². The smallest absolute Gasteiger partial charge is 0.381 e. The lowest BCUT2D eigenvalue weighted by Gasteiger charge is -2.34. The largest absolute Gasteiger partial charge is 0.433 e. The monoisotopic (exact) mass is 461 g/mol. The van der Waals surface area contributed by atoms with Crippen LogP contribution in [0, 0.1) is 5.92 Å². The third-order valence-electron chi connectivity index (χ3n) is 4.87. The number of rotatable bonds is 7. The van der Waals surface area contributed by atoms with Gasteiger partial charge in [-0.15, -0.1) is 4.33 Å². The van der Waals surface area contributed by atoms with E-state index >= 15 is 0 Å². The second kappa shape index (κ2) is 10.4. The summed E-state index contributed by atoms with van der Waals surface area (Å²) >= 11 is -0.290. The van der Waals surface area contributed by atoms with Crippen molar-refractivity contribution in [1.82, 2.24) is 0 Å². The fourth-order valence-electron chi connectivity index (χ4n) is 3.23. The average molecular weight is 461 g/mol. The van der Waals surface area contributed by atoms with Crippen LogP contribution in [0.2, 0.25) is 0 Å². The van der Waals surface area contributed by atoms with Gasteiger partial charge in [0.05, 0.1) is 6.10 Å². The number of oxime groups is 1. The minimum Gasteiger partial charge on any atom is -0.381 e. The van der Waals surface area contributed by atoms with Gasteiger partial charge in [-0.2, -0.15) is 18.2 Å². The Bertz CT molecular complexity index is 533. The van der Waals surface area contributed by atoms with E-state index in [1.807, 2.05) is 0 Å². The molecule has 0 aromatic heterocycles. The Labute approximate surface area is 165 Å². The first-order valence-electron chi connectivity index (χ1n) is 8.62. The Kier molecular flexibility index (Phi) is 8.79. The molecule has 0 aromatic rings. The quantitative estimate of drug-likeness (QED) is 0.137. The van der Waals surface area contributed by atoms with Crippen molar-refractivity contribution in [2.45, 2.75) is 74.1 Å². The molecule has 0 saturated heterocycles. The summed E-state index contributed by atoms with van der Waals surface area (Å²) in [5.41, 5.74) is -1.28. The van der Waals surface area contributed by atoms with Crippen LogP contribution in [0.3, 0.4) is 0 Å². The van der Waals surface area contributed by atoms with E-state index < -0.39 is 53.9 Å². The topological polar surface area (TPSA) is 49.3 Å². The third kappa shape index (κ3) is 6.07. The van der Waals surface area contributed by atoms with Crippen molar-refractivity contribution in [3.8, 4) is 0 Å². The second-order valence-corrected chi connectivity index (χ2v) is 7.55. The van der Waals surface area contributed by atoms with Crippen LogP contribution in [0.25, 0.3) is 0 Å². The first-order valence-corrected chi connectivity index (χ1v) is 9.42. The SMILES string of the molecule is COC1CCC(/C(=N/OOOSC2C(F)C(F)C(F)C(F)C2F)C(F)(F)F)CC1. The fourth-order valence-corrected chi connectivity index (χ4v) is 3.89. The first kappa shape index (κ1) is 24.4. The van der Waals surface area contributed by atoms with Crippen molar-refractivity contribution < 1.29 is 54.2 Å². The number of halogens is 8. The number of hydrogen-bond acceptors (Lipinski definition) is 6. The molecule has 14 heteroatoms. The molecule has 4 unspecified atom stereocenters. The van der Waals surface area contributed by atoms with Crippen molar-refractivity contribution in [2.75, 3.05) is 7.11 Å². The summed E-state index contributed by atoms with van der Waals surface area (Å²) in [4.78, 5) is 3.95. The van der Waals surface area contributed by atoms with Gasteiger partial charge in [-0.1, -0.05) is 0 Å². The number of methoxy groups -OCH3 is 1. The number of nitrogens with zero attached hydrogens (tertiary/aromatic N) is 1. The molecule has 0 radical (unpaired) electrons. The maximum Gasteiger partial charge on any atom is 0.433 e. The highest BCUT2D eigenvalue weighted by molar-refractivity contribution is 7.95. The second-order valence-electron chi connectivity index (χ2n) is 6.68. The van der Waals surface area contributed by atoms with Crippen LogP contribution in [-0.4, -0.2) is 61.2 Å². The molecule has 5 nitrogen and oxygen atoms in total. The maximum absolute atomic E-state index is 13.6. The highest BCUT2D eigenvalue weighted by atomic mass is 32.2. The molecular weight excluding hydrogens is 442 g/mol. The zero-order valence-corrected chi connectivity index (χ0v) is 15.8. The number of alkyl halides is 8. The predicted molar refractivity (Wildman–Crippen MR) is 85.4 cm³/mol. The van der Waals surface area contributed by atoms with Crippen LogP contribution in [0.1, 0.15) is 25.7 Å². The normalized spacial score (nSPS) is 39.4. The molecule has 29 heavy (non-hydrogen) atoms. The zero-order valence-electron chi connectivity index (χ0n) is 15.0. The molecule has 0 aromatic carbocycles. The predicted octanol–water partition coefficient (Wildman–Crippen LogP) is 4.71. The highest BCUT2D eigenvalue weighted by Gasteiger charge is 2.54. The Hall–Kier alpha value is -0.860. The molecule has 2 aliphatic carbocycles. The number of ether oxygens (including phenoxy) is 1. The molecule has 0 aliphatic heterocycles. The van der Waals surface area contributed by atoms with Crippen molar-refractivity contribution in [3.63, 3.8) is 0 Å². The van der Waals surface area contributed by atoms with E-state index in [4.69, 9.17) is 4.74 Å². The summed E-state index contributed by atoms with van der Waals surface area (Å²) in [6.07, 6.45) is -18.4. The Balaban J connectivity index is 1.86. The molecule has 0 N–H and O–H groups in total. The van der Waals surface area contributed by atoms with Crippen molar-refractivity contribution in [1.29, 1.82) is 0 Å². The molecule has 2 rings (SSSR count). The van der Waals surface area contributed by atoms with Gasteiger partial charge >= 0.3 is 6.18 Å². The summed E-state index contributed by atoms with van der Waals surface area (Å²) in [5.74, 6) is -0.984. The molecule has 0 amide bonds. The van der Waals surface area contributed by atoms with E-state index in [-0.39, 0.29) is 31.0 Å². The van der Waals surface area contributed by atoms with Gasteiger partial charge in [-0.05, 0) is 30.8 Å². The van der Waals surface area contributed by atoms with Gasteiger partial charge in [0.2, 0.25) is 0 Å². The van der Waals surface area contributed by atoms with E-state index in [0.29, 0.717) is 12.8 Å². The molecule has 2 saturated carbocycles. The lowest BCUT2D eigenvalue weighted by Crippen LogP contribution is -2.55. The van der Waals surface area contributed by atoms with Crippen LogP contribution in [0.15, 0.2) is 5.16 Å². The third-order valence-corrected chi connectivity index (χ3v) is 5.75. The number of hydrogen-bond donors (Lipinski definition) is 0. The van der Waals surface area contributed by atoms with Gasteiger partial charge in [-0.25, -0.2) is 22.0 Å². The minimum atomic E-state index is -4.84. The van der Waals surface area contributed by atoms with Gasteiger partial charge in [0.15, 0.2) is 36.6 Å². The lowest BCUT2D eigenvalue weighted by molar-refractivity contribution is -0.462. The van der Waals surface area contributed by atoms with Gasteiger partial charge in [-0.3, -0.25) is 0 Å². The van der Waals surface area contributed by atoms with E-state index in [9.17, 15) is 35.1 Å². The molecule has 0 spiro atoms. The van der Waals surface area contributed by atoms with Gasteiger partial charge in [0.1, 0.15) is 5.25 Å². The van der Waals surface area contributed by atoms with Gasteiger partial charge in [0, 0.05) is 30.1 Å². The van der Waals surface area contributed by atoms with Crippen LogP contribution in [-0.2, 0) is 19.1 Å². The summed E-state index contributed by atoms with van der Waals surface area (Å²) < 4.78 is 115. The summed E-state index contributed by atoms with van der Waals surface area (Å²) in [6.45, 7) is 0. The zero-order chi connectivity index (χ0) is 21.8. The Morgan fingerprint density at radius 3 is 1.86 bits per heavy atom. The summed E-state index contributed by atoms with van der Waals surface area (Å²) in [7, 11) is 1.45. The molecule has 0 bridgehead atoms. The van der Waals surface area contributed by atoms with Crippen LogP contribution in [0.4, 0.5) is 35.1 Å². The minimum absolute atomic E-state index is 0.130. The molecule has 2 fully saturated rings. The van der Waals surface area contributed by atoms with Crippen LogP contribution >= 0.6 is 12.0 Å². The van der Waals surface area contributed by atoms with Crippen molar-refractivity contribution in [3.05, 3.63) is 0 Å². The van der Waals surface area contributed by atoms with E-state index in [1.54, 1.807) is 0 Å². The first-order chi connectivity index (χ1) is 13.6. The average Bonchev–Trinajstić information content (AvgIpc) is 2.69. The Morgan fingerprint density at radius 2 is 1.38 bits per heavy atom. The van der Waals surface area contributed by atoms with Crippen LogP contribution in [0.5, 0.6) is 0 Å². The standard InChI is InChI=1S/C15H19F8NO4S/c1-25-7-4-2-6(3-5-7)14(15(21,22)23)24-26-27-28-29-13-11(19)9(17)8(16)10(18)12(13)20/h6-13H,2-5H2,1H3/b24-14-. The van der Waals surface area contributed by atoms with Crippen LogP contribution < -0.4 is 0 Å². The summed E-state index contributed by atoms with van der Waals surface area (Å²) in [5, 5.41) is 4.53. The molecule has 0 heterocycles. The highest BCUT2D eigenvalue weighted by Crippen LogP contribution is 2.39. The fraction of sp³-hybridized carbons (Fsp3) is 0.933. The molecule has 4 atom stereocenters. The van der Waals surface area contributed by atoms with E-state index in [0.717, 1.165) is 0 Å². The maximum atomic E-state index is 13.6. The molecular formula is C15H19F8NO4S. The van der Waals surface area contributed by atoms with Gasteiger partial charge in [0.25, 0.3) is 0 Å². The summed E-state index contributed by atoms with van der Waals surface area (Å²) in [6, 6.07) is 0. The Morgan fingerprint density at radius 1 is 0.862 bits per heavy atom. The van der Waals surface area contributed by atoms with Crippen molar-refractivity contribution in [2.24, 2.45) is 11.1 Å². The molecule has 170 valence electrons. The lowest BCUT2D eigenvalue weighted by atomic mass is 9.84.